The molecule has 0 nitrogen and oxygen atoms in total. The maximum absolute atomic E-state index is 5.73. The highest BCUT2D eigenvalue weighted by Crippen LogP contribution is 2.21. The second-order valence-electron chi connectivity index (χ2n) is 2.36. The van der Waals surface area contributed by atoms with Crippen molar-refractivity contribution in [3.8, 4) is 11.2 Å². The Morgan fingerprint density at radius 3 is 2.20 bits per heavy atom. The van der Waals surface area contributed by atoms with Crippen molar-refractivity contribution < 1.29 is 0 Å². The maximum atomic E-state index is 5.73. The summed E-state index contributed by atoms with van der Waals surface area (Å²) in [5.74, 6) is 2.61. The second kappa shape index (κ2) is 6.58. The first-order chi connectivity index (χ1) is 7.09. The third-order valence-electron chi connectivity index (χ3n) is 1.31. The van der Waals surface area contributed by atoms with Gasteiger partial charge in [0.25, 0.3) is 0 Å². The third-order valence-corrected chi connectivity index (χ3v) is 3.13. The molecule has 0 aliphatic rings. The van der Waals surface area contributed by atoms with Gasteiger partial charge in [-0.05, 0) is 47.2 Å². The lowest BCUT2D eigenvalue weighted by Gasteiger charge is -1.92. The van der Waals surface area contributed by atoms with Gasteiger partial charge in [-0.3, -0.25) is 0 Å². The van der Waals surface area contributed by atoms with Gasteiger partial charge in [0.15, 0.2) is 0 Å². The van der Waals surface area contributed by atoms with Crippen LogP contribution in [0.25, 0.3) is 0 Å². The highest BCUT2D eigenvalue weighted by Gasteiger charge is 1.93. The second-order valence-corrected chi connectivity index (χ2v) is 5.00. The first-order valence-electron chi connectivity index (χ1n) is 3.74. The molecule has 0 aromatic heterocycles. The SMILES string of the molecule is ClC(Cl)=C(Cl)C#CSc1ccc(Cl)cc1. The molecule has 0 N–H and O–H groups in total. The lowest BCUT2D eigenvalue weighted by molar-refractivity contribution is 1.47. The minimum atomic E-state index is -0.0270. The van der Waals surface area contributed by atoms with E-state index in [2.05, 4.69) is 11.2 Å². The number of halogens is 4. The van der Waals surface area contributed by atoms with Crippen molar-refractivity contribution in [1.82, 2.24) is 0 Å². The molecule has 78 valence electrons. The van der Waals surface area contributed by atoms with E-state index >= 15 is 0 Å². The summed E-state index contributed by atoms with van der Waals surface area (Å²) in [6.07, 6.45) is 0. The van der Waals surface area contributed by atoms with Crippen LogP contribution in [0.2, 0.25) is 5.02 Å². The van der Waals surface area contributed by atoms with Crippen LogP contribution in [-0.2, 0) is 0 Å². The van der Waals surface area contributed by atoms with E-state index in [-0.39, 0.29) is 9.52 Å². The van der Waals surface area contributed by atoms with E-state index in [1.165, 1.54) is 11.8 Å². The van der Waals surface area contributed by atoms with Crippen LogP contribution in [0.4, 0.5) is 0 Å². The first-order valence-corrected chi connectivity index (χ1v) is 6.06. The molecule has 0 radical (unpaired) electrons. The summed E-state index contributed by atoms with van der Waals surface area (Å²) in [6, 6.07) is 7.30. The van der Waals surface area contributed by atoms with Gasteiger partial charge in [-0.1, -0.05) is 46.4 Å². The highest BCUT2D eigenvalue weighted by molar-refractivity contribution is 8.04. The molecule has 0 atom stereocenters. The summed E-state index contributed by atoms with van der Waals surface area (Å²) in [5, 5.41) is 3.59. The van der Waals surface area contributed by atoms with Gasteiger partial charge in [0.2, 0.25) is 0 Å². The minimum absolute atomic E-state index is 0.0270. The molecule has 0 bridgehead atoms. The van der Waals surface area contributed by atoms with Gasteiger partial charge in [0.05, 0.1) is 0 Å². The van der Waals surface area contributed by atoms with E-state index in [0.29, 0.717) is 5.02 Å². The molecular formula is C10H4Cl4S. The average molecular weight is 298 g/mol. The summed E-state index contributed by atoms with van der Waals surface area (Å²) in [5.41, 5.74) is 0. The number of thioether (sulfide) groups is 1. The van der Waals surface area contributed by atoms with Crippen molar-refractivity contribution >= 4 is 58.2 Å². The van der Waals surface area contributed by atoms with E-state index in [4.69, 9.17) is 46.4 Å². The Balaban J connectivity index is 2.65. The fourth-order valence-electron chi connectivity index (χ4n) is 0.679. The molecule has 15 heavy (non-hydrogen) atoms. The molecule has 0 heterocycles. The van der Waals surface area contributed by atoms with Gasteiger partial charge in [-0.15, -0.1) is 0 Å². The van der Waals surface area contributed by atoms with Gasteiger partial charge in [0, 0.05) is 9.92 Å². The Hall–Kier alpha value is 0.0300. The maximum Gasteiger partial charge on any atom is 0.133 e. The van der Waals surface area contributed by atoms with E-state index in [9.17, 15) is 0 Å². The number of hydrogen-bond donors (Lipinski definition) is 0. The molecule has 0 unspecified atom stereocenters. The van der Waals surface area contributed by atoms with E-state index in [1.54, 1.807) is 12.1 Å². The van der Waals surface area contributed by atoms with Crippen LogP contribution in [0.3, 0.4) is 0 Å². The van der Waals surface area contributed by atoms with Gasteiger partial charge < -0.3 is 0 Å². The zero-order chi connectivity index (χ0) is 11.3. The largest absolute Gasteiger partial charge is 0.133 e. The summed E-state index contributed by atoms with van der Waals surface area (Å²) < 4.78 is -0.0270. The van der Waals surface area contributed by atoms with Gasteiger partial charge in [-0.2, -0.15) is 0 Å². The molecule has 0 saturated heterocycles. The minimum Gasteiger partial charge on any atom is -0.0843 e. The topological polar surface area (TPSA) is 0 Å². The van der Waals surface area contributed by atoms with Crippen LogP contribution in [-0.4, -0.2) is 0 Å². The van der Waals surface area contributed by atoms with E-state index < -0.39 is 0 Å². The fraction of sp³-hybridized carbons (Fsp3) is 0. The van der Waals surface area contributed by atoms with Crippen molar-refractivity contribution in [2.24, 2.45) is 0 Å². The van der Waals surface area contributed by atoms with Gasteiger partial charge in [-0.25, -0.2) is 0 Å². The van der Waals surface area contributed by atoms with Crippen molar-refractivity contribution in [3.05, 3.63) is 38.8 Å². The summed E-state index contributed by atoms with van der Waals surface area (Å²) in [7, 11) is 0. The quantitative estimate of drug-likeness (QED) is 0.502. The van der Waals surface area contributed by atoms with Crippen molar-refractivity contribution in [3.63, 3.8) is 0 Å². The Morgan fingerprint density at radius 2 is 1.67 bits per heavy atom. The van der Waals surface area contributed by atoms with Crippen molar-refractivity contribution in [2.75, 3.05) is 0 Å². The van der Waals surface area contributed by atoms with E-state index in [1.807, 2.05) is 12.1 Å². The summed E-state index contributed by atoms with van der Waals surface area (Å²) in [4.78, 5) is 0.974. The molecular weight excluding hydrogens is 294 g/mol. The smallest absolute Gasteiger partial charge is 0.0843 e. The van der Waals surface area contributed by atoms with Crippen LogP contribution < -0.4 is 0 Å². The van der Waals surface area contributed by atoms with Crippen LogP contribution >= 0.6 is 58.2 Å². The normalized spacial score (nSPS) is 9.07. The van der Waals surface area contributed by atoms with Crippen LogP contribution in [0.5, 0.6) is 0 Å². The average Bonchev–Trinajstić information content (AvgIpc) is 2.20. The molecule has 5 heteroatoms. The van der Waals surface area contributed by atoms with Crippen molar-refractivity contribution in [1.29, 1.82) is 0 Å². The summed E-state index contributed by atoms with van der Waals surface area (Å²) in [6.45, 7) is 0. The molecule has 0 aliphatic heterocycles. The molecule has 1 aromatic rings. The van der Waals surface area contributed by atoms with Gasteiger partial charge >= 0.3 is 0 Å². The monoisotopic (exact) mass is 296 g/mol. The third kappa shape index (κ3) is 5.06. The number of rotatable bonds is 1. The fourth-order valence-corrected chi connectivity index (χ4v) is 1.55. The lowest BCUT2D eigenvalue weighted by atomic mass is 10.4. The number of allylic oxidation sites excluding steroid dienone is 1. The van der Waals surface area contributed by atoms with Crippen LogP contribution in [0.1, 0.15) is 0 Å². The Bertz CT molecular complexity index is 421. The first kappa shape index (κ1) is 13.1. The molecule has 1 aromatic carbocycles. The van der Waals surface area contributed by atoms with E-state index in [0.717, 1.165) is 4.90 Å². The van der Waals surface area contributed by atoms with Crippen LogP contribution in [0.15, 0.2) is 38.7 Å². The predicted octanol–water partition coefficient (Wildman–Crippen LogP) is 5.28. The molecule has 0 saturated carbocycles. The zero-order valence-corrected chi connectivity index (χ0v) is 11.1. The Morgan fingerprint density at radius 1 is 1.07 bits per heavy atom. The standard InChI is InChI=1S/C10H4Cl4S/c11-7-1-3-8(4-2-7)15-6-5-9(12)10(13)14/h1-4H. The molecule has 0 spiro atoms. The molecule has 1 rings (SSSR count). The molecule has 0 aliphatic carbocycles. The van der Waals surface area contributed by atoms with Crippen molar-refractivity contribution in [2.45, 2.75) is 4.90 Å². The van der Waals surface area contributed by atoms with Crippen LogP contribution in [0, 0.1) is 11.2 Å². The molecule has 0 fully saturated rings. The van der Waals surface area contributed by atoms with Gasteiger partial charge in [0.1, 0.15) is 9.52 Å². The lowest BCUT2D eigenvalue weighted by Crippen LogP contribution is -1.68. The predicted molar refractivity (Wildman–Crippen MR) is 69.7 cm³/mol. The Kier molecular flexibility index (Phi) is 5.74. The number of benzene rings is 1. The Labute approximate surface area is 113 Å². The number of hydrogen-bond acceptors (Lipinski definition) is 1. The highest BCUT2D eigenvalue weighted by atomic mass is 35.5. The summed E-state index contributed by atoms with van der Waals surface area (Å²) >= 11 is 23.5. The molecule has 0 amide bonds. The zero-order valence-electron chi connectivity index (χ0n) is 7.23.